The van der Waals surface area contributed by atoms with E-state index in [2.05, 4.69) is 41.5 Å². The maximum absolute atomic E-state index is 14.5. The van der Waals surface area contributed by atoms with E-state index in [9.17, 15) is 4.57 Å². The van der Waals surface area contributed by atoms with Crippen LogP contribution in [0.1, 0.15) is 92.2 Å². The molecule has 0 amide bonds. The molecule has 0 saturated carbocycles. The normalized spacial score (nSPS) is 20.9. The number of rotatable bonds is 24. The molecule has 0 bridgehead atoms. The van der Waals surface area contributed by atoms with Crippen LogP contribution in [0, 0.1) is 0 Å². The number of hydrogen-bond donors (Lipinski definition) is 0. The van der Waals surface area contributed by atoms with E-state index in [-0.39, 0.29) is 26.4 Å². The van der Waals surface area contributed by atoms with Gasteiger partial charge in [-0.1, -0.05) is 147 Å². The predicted molar refractivity (Wildman–Crippen MR) is 217 cm³/mol. The van der Waals surface area contributed by atoms with Crippen LogP contribution in [0.3, 0.4) is 0 Å². The zero-order chi connectivity index (χ0) is 39.0. The third kappa shape index (κ3) is 12.6. The molecule has 0 aromatic heterocycles. The lowest BCUT2D eigenvalue weighted by Gasteiger charge is -2.48. The molecule has 1 aliphatic heterocycles. The van der Waals surface area contributed by atoms with Crippen molar-refractivity contribution in [1.82, 2.24) is 0 Å². The smallest absolute Gasteiger partial charge is 0.477 e. The fraction of sp³-hybridized carbons (Fsp3) is 0.581. The highest BCUT2D eigenvalue weighted by atomic mass is 31.2. The fourth-order valence-corrected chi connectivity index (χ4v) is 14.2. The molecule has 5 unspecified atom stereocenters. The van der Waals surface area contributed by atoms with Gasteiger partial charge in [0.25, 0.3) is 0 Å². The summed E-state index contributed by atoms with van der Waals surface area (Å²) in [6.45, 7) is 18.9. The lowest BCUT2D eigenvalue weighted by molar-refractivity contribution is -0.294. The summed E-state index contributed by atoms with van der Waals surface area (Å²) < 4.78 is 67.4. The van der Waals surface area contributed by atoms with Gasteiger partial charge in [0.1, 0.15) is 24.1 Å². The minimum absolute atomic E-state index is 0.214. The molecule has 9 nitrogen and oxygen atoms in total. The summed E-state index contributed by atoms with van der Waals surface area (Å²) in [5, 5.41) is 0. The standard InChI is InChI=1S/C43H65O9PSi/c1-9-11-28-47-53(44,48-29-12-10-2)52-43-42(50-38-26-20-15-21-27-38)41(46-31-37-24-18-14-19-25-37)40(45-30-36-22-16-13-17-23-36)39(51-43)32-49-54(33(3)4,34(5)6)35(7)8/h13-27,33-35,39-43H,9-12,28-32H2,1-8H3. The van der Waals surface area contributed by atoms with E-state index in [1.54, 1.807) is 0 Å². The van der Waals surface area contributed by atoms with Crippen LogP contribution in [0.2, 0.25) is 16.6 Å². The SMILES string of the molecule is CCCCOP(=O)(OCCCC)OC1OC(CO[Si](C(C)C)(C(C)C)C(C)C)C(OCc2ccccc2)C(OCc2ccccc2)C1Oc1ccccc1. The van der Waals surface area contributed by atoms with Crippen molar-refractivity contribution in [3.8, 4) is 5.75 Å². The first-order chi connectivity index (χ1) is 26.0. The molecule has 0 N–H and O–H groups in total. The van der Waals surface area contributed by atoms with Gasteiger partial charge < -0.3 is 23.4 Å². The van der Waals surface area contributed by atoms with Crippen LogP contribution in [0.4, 0.5) is 0 Å². The Morgan fingerprint density at radius 2 is 1.11 bits per heavy atom. The van der Waals surface area contributed by atoms with Gasteiger partial charge in [0, 0.05) is 0 Å². The summed E-state index contributed by atoms with van der Waals surface area (Å²) in [5.41, 5.74) is 3.02. The molecule has 4 rings (SSSR count). The summed E-state index contributed by atoms with van der Waals surface area (Å²) >= 11 is 0. The molecule has 0 radical (unpaired) electrons. The van der Waals surface area contributed by atoms with Crippen LogP contribution in [-0.2, 0) is 50.0 Å². The quantitative estimate of drug-likeness (QED) is 0.0500. The van der Waals surface area contributed by atoms with Crippen molar-refractivity contribution in [2.75, 3.05) is 19.8 Å². The van der Waals surface area contributed by atoms with Gasteiger partial charge in [-0.2, -0.15) is 0 Å². The monoisotopic (exact) mass is 784 g/mol. The third-order valence-electron chi connectivity index (χ3n) is 10.1. The molecule has 300 valence electrons. The Kier molecular flexibility index (Phi) is 18.4. The second-order valence-corrected chi connectivity index (χ2v) is 22.1. The van der Waals surface area contributed by atoms with Gasteiger partial charge in [-0.25, -0.2) is 4.57 Å². The zero-order valence-electron chi connectivity index (χ0n) is 33.8. The lowest BCUT2D eigenvalue weighted by atomic mass is 9.98. The van der Waals surface area contributed by atoms with Crippen molar-refractivity contribution >= 4 is 16.1 Å². The Bertz CT molecular complexity index is 1460. The van der Waals surface area contributed by atoms with Gasteiger partial charge in [0.05, 0.1) is 33.0 Å². The summed E-state index contributed by atoms with van der Waals surface area (Å²) in [7, 11) is -6.50. The molecule has 11 heteroatoms. The lowest BCUT2D eigenvalue weighted by Crippen LogP contribution is -2.63. The molecule has 1 fully saturated rings. The number of phosphoric ester groups is 1. The second kappa shape index (κ2) is 22.4. The Morgan fingerprint density at radius 3 is 1.57 bits per heavy atom. The van der Waals surface area contributed by atoms with E-state index in [0.29, 0.717) is 41.8 Å². The van der Waals surface area contributed by atoms with E-state index in [1.165, 1.54) is 0 Å². The van der Waals surface area contributed by atoms with Crippen LogP contribution in [0.5, 0.6) is 5.75 Å². The van der Waals surface area contributed by atoms with Crippen molar-refractivity contribution in [3.05, 3.63) is 102 Å². The Balaban J connectivity index is 1.82. The van der Waals surface area contributed by atoms with Crippen LogP contribution in [0.25, 0.3) is 0 Å². The number of hydrogen-bond acceptors (Lipinski definition) is 9. The molecule has 3 aromatic carbocycles. The molecular formula is C43H65O9PSi. The van der Waals surface area contributed by atoms with Crippen molar-refractivity contribution < 1.29 is 41.5 Å². The first-order valence-electron chi connectivity index (χ1n) is 19.9. The third-order valence-corrected chi connectivity index (χ3v) is 17.7. The predicted octanol–water partition coefficient (Wildman–Crippen LogP) is 11.3. The molecule has 1 saturated heterocycles. The van der Waals surface area contributed by atoms with Crippen molar-refractivity contribution in [3.63, 3.8) is 0 Å². The minimum Gasteiger partial charge on any atom is -0.482 e. The summed E-state index contributed by atoms with van der Waals surface area (Å²) in [6.07, 6.45) is -1.16. The van der Waals surface area contributed by atoms with Gasteiger partial charge in [0.15, 0.2) is 14.4 Å². The first-order valence-corrected chi connectivity index (χ1v) is 23.5. The highest BCUT2D eigenvalue weighted by Gasteiger charge is 2.54. The van der Waals surface area contributed by atoms with Crippen LogP contribution < -0.4 is 4.74 Å². The number of benzene rings is 3. The van der Waals surface area contributed by atoms with Gasteiger partial charge >= 0.3 is 7.82 Å². The van der Waals surface area contributed by atoms with Crippen LogP contribution >= 0.6 is 7.82 Å². The van der Waals surface area contributed by atoms with Gasteiger partial charge in [0.2, 0.25) is 6.29 Å². The first kappa shape index (κ1) is 44.3. The van der Waals surface area contributed by atoms with E-state index >= 15 is 0 Å². The highest BCUT2D eigenvalue weighted by molar-refractivity contribution is 7.48. The second-order valence-electron chi connectivity index (χ2n) is 15.0. The van der Waals surface area contributed by atoms with E-state index in [0.717, 1.165) is 24.0 Å². The highest BCUT2D eigenvalue weighted by Crippen LogP contribution is 2.53. The average molecular weight is 785 g/mol. The van der Waals surface area contributed by atoms with E-state index < -0.39 is 46.8 Å². The van der Waals surface area contributed by atoms with Crippen LogP contribution in [0.15, 0.2) is 91.0 Å². The van der Waals surface area contributed by atoms with Crippen molar-refractivity contribution in [2.45, 2.75) is 142 Å². The van der Waals surface area contributed by atoms with Gasteiger partial charge in [-0.3, -0.25) is 13.6 Å². The summed E-state index contributed by atoms with van der Waals surface area (Å²) in [6, 6.07) is 29.5. The van der Waals surface area contributed by atoms with Crippen molar-refractivity contribution in [1.29, 1.82) is 0 Å². The Labute approximate surface area is 326 Å². The number of ether oxygens (including phenoxy) is 4. The molecule has 0 spiro atoms. The van der Waals surface area contributed by atoms with Crippen molar-refractivity contribution in [2.24, 2.45) is 0 Å². The van der Waals surface area contributed by atoms with Gasteiger partial charge in [-0.05, 0) is 52.7 Å². The summed E-state index contributed by atoms with van der Waals surface area (Å²) in [4.78, 5) is 0. The topological polar surface area (TPSA) is 90.9 Å². The fourth-order valence-electron chi connectivity index (χ4n) is 7.40. The maximum atomic E-state index is 14.5. The molecule has 54 heavy (non-hydrogen) atoms. The Hall–Kier alpha value is -2.37. The molecule has 1 heterocycles. The maximum Gasteiger partial charge on any atom is 0.477 e. The number of unbranched alkanes of at least 4 members (excludes halogenated alkanes) is 2. The minimum atomic E-state index is -4.13. The number of phosphoric acid groups is 1. The zero-order valence-corrected chi connectivity index (χ0v) is 35.7. The average Bonchev–Trinajstić information content (AvgIpc) is 3.16. The van der Waals surface area contributed by atoms with E-state index in [1.807, 2.05) is 105 Å². The molecular weight excluding hydrogens is 720 g/mol. The molecule has 3 aromatic rings. The largest absolute Gasteiger partial charge is 0.482 e. The summed E-state index contributed by atoms with van der Waals surface area (Å²) in [5.74, 6) is 0.573. The van der Waals surface area contributed by atoms with E-state index in [4.69, 9.17) is 36.9 Å². The Morgan fingerprint density at radius 1 is 0.648 bits per heavy atom. The molecule has 5 atom stereocenters. The number of para-hydroxylation sites is 1. The molecule has 1 aliphatic rings. The van der Waals surface area contributed by atoms with Crippen LogP contribution in [-0.4, -0.2) is 58.8 Å². The molecule has 0 aliphatic carbocycles. The van der Waals surface area contributed by atoms with Gasteiger partial charge in [-0.15, -0.1) is 0 Å².